The van der Waals surface area contributed by atoms with E-state index < -0.39 is 0 Å². The number of hydrogen-bond donors (Lipinski definition) is 2. The van der Waals surface area contributed by atoms with Crippen molar-refractivity contribution in [1.82, 2.24) is 9.36 Å². The van der Waals surface area contributed by atoms with Crippen LogP contribution in [0.2, 0.25) is 0 Å². The number of ether oxygens (including phenoxy) is 1. The van der Waals surface area contributed by atoms with Gasteiger partial charge in [-0.1, -0.05) is 0 Å². The van der Waals surface area contributed by atoms with E-state index in [2.05, 4.69) is 14.7 Å². The summed E-state index contributed by atoms with van der Waals surface area (Å²) in [5.74, 6) is 1.20. The van der Waals surface area contributed by atoms with E-state index in [1.807, 2.05) is 18.4 Å². The molecule has 0 amide bonds. The number of nitrogens with one attached hydrogen (secondary N) is 1. The second-order valence-corrected chi connectivity index (χ2v) is 5.08. The van der Waals surface area contributed by atoms with Crippen molar-refractivity contribution < 1.29 is 4.74 Å². The van der Waals surface area contributed by atoms with Crippen molar-refractivity contribution >= 4 is 34.1 Å². The summed E-state index contributed by atoms with van der Waals surface area (Å²) >= 11 is 2.97. The molecule has 7 heteroatoms. The number of aromatic nitrogens is 2. The van der Waals surface area contributed by atoms with Crippen LogP contribution in [0.5, 0.6) is 5.88 Å². The predicted molar refractivity (Wildman–Crippen MR) is 76.4 cm³/mol. The minimum Gasteiger partial charge on any atom is -0.481 e. The van der Waals surface area contributed by atoms with Gasteiger partial charge in [0.1, 0.15) is 5.00 Å². The Bertz CT molecular complexity index is 530. The molecule has 0 aliphatic carbocycles. The van der Waals surface area contributed by atoms with Gasteiger partial charge in [-0.3, -0.25) is 0 Å². The number of hydrogen-bond acceptors (Lipinski definition) is 7. The van der Waals surface area contributed by atoms with Gasteiger partial charge in [-0.2, -0.15) is 4.37 Å². The maximum absolute atomic E-state index is 5.77. The molecule has 3 N–H and O–H groups in total. The highest BCUT2D eigenvalue weighted by atomic mass is 32.2. The highest BCUT2D eigenvalue weighted by molar-refractivity contribution is 7.99. The van der Waals surface area contributed by atoms with Crippen LogP contribution in [-0.4, -0.2) is 22.7 Å². The van der Waals surface area contributed by atoms with Crippen molar-refractivity contribution in [1.29, 1.82) is 0 Å². The van der Waals surface area contributed by atoms with Gasteiger partial charge in [-0.15, -0.1) is 11.8 Å². The van der Waals surface area contributed by atoms with Crippen LogP contribution >= 0.6 is 23.3 Å². The smallest absolute Gasteiger partial charge is 0.213 e. The standard InChI is InChI=1S/C11H14N4OS2/c1-16-8-5-7(3-4-13-8)6-14-11-9(17-2)10(12)15-18-11/h3-5,14H,6H2,1-2H3,(H2,12,15). The first-order valence-corrected chi connectivity index (χ1v) is 7.26. The van der Waals surface area contributed by atoms with Crippen molar-refractivity contribution in [2.45, 2.75) is 11.4 Å². The molecule has 0 aliphatic rings. The summed E-state index contributed by atoms with van der Waals surface area (Å²) in [7, 11) is 1.61. The number of pyridine rings is 1. The molecule has 0 atom stereocenters. The molecule has 0 aromatic carbocycles. The van der Waals surface area contributed by atoms with E-state index in [-0.39, 0.29) is 0 Å². The number of nitrogen functional groups attached to an aromatic ring is 1. The van der Waals surface area contributed by atoms with Crippen molar-refractivity contribution in [2.75, 3.05) is 24.4 Å². The summed E-state index contributed by atoms with van der Waals surface area (Å²) < 4.78 is 9.22. The van der Waals surface area contributed by atoms with Crippen LogP contribution < -0.4 is 15.8 Å². The van der Waals surface area contributed by atoms with Gasteiger partial charge in [0, 0.05) is 18.8 Å². The Morgan fingerprint density at radius 1 is 1.56 bits per heavy atom. The summed E-state index contributed by atoms with van der Waals surface area (Å²) in [5, 5.41) is 4.32. The molecule has 2 heterocycles. The van der Waals surface area contributed by atoms with Gasteiger partial charge in [0.2, 0.25) is 5.88 Å². The normalized spacial score (nSPS) is 10.3. The van der Waals surface area contributed by atoms with Gasteiger partial charge >= 0.3 is 0 Å². The first-order chi connectivity index (χ1) is 8.74. The molecule has 5 nitrogen and oxygen atoms in total. The molecule has 2 rings (SSSR count). The average molecular weight is 282 g/mol. The lowest BCUT2D eigenvalue weighted by molar-refractivity contribution is 0.397. The minimum atomic E-state index is 0.585. The number of nitrogens with two attached hydrogens (primary N) is 1. The van der Waals surface area contributed by atoms with Crippen LogP contribution in [0.4, 0.5) is 10.8 Å². The van der Waals surface area contributed by atoms with E-state index in [1.54, 1.807) is 25.1 Å². The Balaban J connectivity index is 2.06. The predicted octanol–water partition coefficient (Wildman–Crippen LogP) is 2.46. The summed E-state index contributed by atoms with van der Waals surface area (Å²) in [6.45, 7) is 0.689. The van der Waals surface area contributed by atoms with Crippen LogP contribution in [-0.2, 0) is 6.54 Å². The monoisotopic (exact) mass is 282 g/mol. The summed E-state index contributed by atoms with van der Waals surface area (Å²) in [4.78, 5) is 5.07. The van der Waals surface area contributed by atoms with Gasteiger partial charge in [0.05, 0.1) is 12.0 Å². The highest BCUT2D eigenvalue weighted by Gasteiger charge is 2.09. The van der Waals surface area contributed by atoms with Crippen LogP contribution in [0.1, 0.15) is 5.56 Å². The fourth-order valence-corrected chi connectivity index (χ4v) is 3.00. The fourth-order valence-electron chi connectivity index (χ4n) is 1.46. The van der Waals surface area contributed by atoms with Crippen molar-refractivity contribution in [2.24, 2.45) is 0 Å². The number of nitrogens with zero attached hydrogens (tertiary/aromatic N) is 2. The lowest BCUT2D eigenvalue weighted by Crippen LogP contribution is -2.00. The summed E-state index contributed by atoms with van der Waals surface area (Å²) in [6, 6.07) is 3.84. The van der Waals surface area contributed by atoms with Crippen LogP contribution in [0.15, 0.2) is 23.2 Å². The highest BCUT2D eigenvalue weighted by Crippen LogP contribution is 2.34. The number of rotatable bonds is 5. The molecule has 0 fully saturated rings. The van der Waals surface area contributed by atoms with E-state index in [1.165, 1.54) is 11.5 Å². The SMILES string of the molecule is COc1cc(CNc2snc(N)c2SC)ccn1. The third kappa shape index (κ3) is 2.85. The molecule has 2 aromatic rings. The number of methoxy groups -OCH3 is 1. The summed E-state index contributed by atoms with van der Waals surface area (Å²) in [6.07, 6.45) is 3.72. The maximum Gasteiger partial charge on any atom is 0.213 e. The Hall–Kier alpha value is -1.47. The molecule has 0 aliphatic heterocycles. The zero-order chi connectivity index (χ0) is 13.0. The molecule has 0 bridgehead atoms. The van der Waals surface area contributed by atoms with E-state index in [0.717, 1.165) is 15.5 Å². The van der Waals surface area contributed by atoms with Gasteiger partial charge in [0.15, 0.2) is 5.82 Å². The van der Waals surface area contributed by atoms with Crippen molar-refractivity contribution in [3.63, 3.8) is 0 Å². The molecule has 0 saturated heterocycles. The third-order valence-corrected chi connectivity index (χ3v) is 4.11. The Kier molecular flexibility index (Phi) is 4.27. The minimum absolute atomic E-state index is 0.585. The van der Waals surface area contributed by atoms with E-state index in [9.17, 15) is 0 Å². The number of thioether (sulfide) groups is 1. The average Bonchev–Trinajstić information content (AvgIpc) is 2.77. The molecule has 0 unspecified atom stereocenters. The first-order valence-electron chi connectivity index (χ1n) is 5.26. The van der Waals surface area contributed by atoms with Gasteiger partial charge in [0.25, 0.3) is 0 Å². The van der Waals surface area contributed by atoms with Crippen molar-refractivity contribution in [3.05, 3.63) is 23.9 Å². The number of anilines is 2. The van der Waals surface area contributed by atoms with Gasteiger partial charge < -0.3 is 15.8 Å². The van der Waals surface area contributed by atoms with Crippen LogP contribution in [0, 0.1) is 0 Å². The largest absolute Gasteiger partial charge is 0.481 e. The molecule has 0 radical (unpaired) electrons. The lowest BCUT2D eigenvalue weighted by Gasteiger charge is -2.06. The molecule has 18 heavy (non-hydrogen) atoms. The van der Waals surface area contributed by atoms with Gasteiger partial charge in [-0.05, 0) is 29.4 Å². The maximum atomic E-state index is 5.77. The Labute approximate surface area is 114 Å². The lowest BCUT2D eigenvalue weighted by atomic mass is 10.2. The molecular weight excluding hydrogens is 268 g/mol. The second kappa shape index (κ2) is 5.92. The quantitative estimate of drug-likeness (QED) is 0.821. The molecular formula is C11H14N4OS2. The Morgan fingerprint density at radius 3 is 3.11 bits per heavy atom. The molecule has 96 valence electrons. The van der Waals surface area contributed by atoms with E-state index >= 15 is 0 Å². The zero-order valence-electron chi connectivity index (χ0n) is 10.1. The molecule has 0 saturated carbocycles. The first kappa shape index (κ1) is 13.0. The van der Waals surface area contributed by atoms with Crippen LogP contribution in [0.3, 0.4) is 0 Å². The fraction of sp³-hybridized carbons (Fsp3) is 0.273. The summed E-state index contributed by atoms with van der Waals surface area (Å²) in [5.41, 5.74) is 6.87. The van der Waals surface area contributed by atoms with E-state index in [0.29, 0.717) is 18.2 Å². The van der Waals surface area contributed by atoms with Crippen LogP contribution in [0.25, 0.3) is 0 Å². The van der Waals surface area contributed by atoms with E-state index in [4.69, 9.17) is 10.5 Å². The molecule has 0 spiro atoms. The van der Waals surface area contributed by atoms with Gasteiger partial charge in [-0.25, -0.2) is 4.98 Å². The third-order valence-electron chi connectivity index (χ3n) is 2.34. The Morgan fingerprint density at radius 2 is 2.39 bits per heavy atom. The zero-order valence-corrected chi connectivity index (χ0v) is 11.8. The second-order valence-electron chi connectivity index (χ2n) is 3.49. The molecule has 2 aromatic heterocycles. The van der Waals surface area contributed by atoms with Crippen molar-refractivity contribution in [3.8, 4) is 5.88 Å². The topological polar surface area (TPSA) is 73.1 Å².